The van der Waals surface area contributed by atoms with Gasteiger partial charge >= 0.3 is 6.18 Å². The summed E-state index contributed by atoms with van der Waals surface area (Å²) in [5, 5.41) is 6.16. The fourth-order valence-electron chi connectivity index (χ4n) is 2.22. The van der Waals surface area contributed by atoms with Crippen molar-refractivity contribution in [3.8, 4) is 0 Å². The van der Waals surface area contributed by atoms with Crippen LogP contribution in [0.2, 0.25) is 5.02 Å². The lowest BCUT2D eigenvalue weighted by Crippen LogP contribution is -2.36. The van der Waals surface area contributed by atoms with Crippen LogP contribution in [0.3, 0.4) is 0 Å². The molecule has 2 unspecified atom stereocenters. The van der Waals surface area contributed by atoms with Crippen LogP contribution in [0.4, 0.5) is 18.9 Å². The highest BCUT2D eigenvalue weighted by Gasteiger charge is 2.30. The summed E-state index contributed by atoms with van der Waals surface area (Å²) in [7, 11) is 0. The third kappa shape index (κ3) is 3.43. The maximum Gasteiger partial charge on any atom is 0.408 e. The third-order valence-corrected chi connectivity index (χ3v) is 3.59. The van der Waals surface area contributed by atoms with Crippen molar-refractivity contribution >= 4 is 17.3 Å². The zero-order valence-electron chi connectivity index (χ0n) is 10.5. The smallest absolute Gasteiger partial charge is 0.378 e. The summed E-state index contributed by atoms with van der Waals surface area (Å²) in [6.07, 6.45) is -0.768. The van der Waals surface area contributed by atoms with E-state index in [1.54, 1.807) is 0 Å². The number of hydrogen-bond donors (Lipinski definition) is 2. The van der Waals surface area contributed by atoms with Gasteiger partial charge in [-0.3, -0.25) is 4.79 Å². The van der Waals surface area contributed by atoms with E-state index in [0.717, 1.165) is 25.5 Å². The van der Waals surface area contributed by atoms with Gasteiger partial charge in [0.2, 0.25) is 0 Å². The molecule has 0 spiro atoms. The van der Waals surface area contributed by atoms with Crippen molar-refractivity contribution in [2.45, 2.75) is 44.1 Å². The van der Waals surface area contributed by atoms with E-state index in [1.807, 2.05) is 0 Å². The van der Waals surface area contributed by atoms with Crippen LogP contribution in [0.1, 0.15) is 19.3 Å². The predicted molar refractivity (Wildman–Crippen MR) is 68.8 cm³/mol. The van der Waals surface area contributed by atoms with Gasteiger partial charge in [-0.05, 0) is 19.3 Å². The Kier molecular flexibility index (Phi) is 4.24. The van der Waals surface area contributed by atoms with Crippen LogP contribution in [-0.4, -0.2) is 28.0 Å². The van der Waals surface area contributed by atoms with E-state index in [4.69, 9.17) is 17.3 Å². The molecule has 1 aliphatic rings. The fraction of sp³-hybridized carbons (Fsp3) is 0.636. The van der Waals surface area contributed by atoms with E-state index >= 15 is 0 Å². The highest BCUT2D eigenvalue weighted by Crippen LogP contribution is 2.24. The van der Waals surface area contributed by atoms with Gasteiger partial charge in [0.1, 0.15) is 11.6 Å². The molecule has 112 valence electrons. The average molecular weight is 311 g/mol. The van der Waals surface area contributed by atoms with E-state index in [-0.39, 0.29) is 22.8 Å². The highest BCUT2D eigenvalue weighted by molar-refractivity contribution is 6.32. The molecule has 1 heterocycles. The van der Waals surface area contributed by atoms with Crippen LogP contribution in [0.5, 0.6) is 0 Å². The van der Waals surface area contributed by atoms with Gasteiger partial charge in [-0.2, -0.15) is 18.3 Å². The minimum absolute atomic E-state index is 0.0489. The standard InChI is InChI=1S/C11H14ClF3N4O/c12-9-8(18-7-3-1-2-6(7)16)4-17-19(10(9)20)5-11(13,14)15/h4,6-7,18H,1-3,5,16H2. The molecule has 5 nitrogen and oxygen atoms in total. The molecule has 1 fully saturated rings. The quantitative estimate of drug-likeness (QED) is 0.892. The normalized spacial score (nSPS) is 23.1. The molecular weight excluding hydrogens is 297 g/mol. The monoisotopic (exact) mass is 310 g/mol. The molecule has 3 N–H and O–H groups in total. The first-order valence-corrected chi connectivity index (χ1v) is 6.50. The van der Waals surface area contributed by atoms with Crippen molar-refractivity contribution in [2.75, 3.05) is 5.32 Å². The van der Waals surface area contributed by atoms with Gasteiger partial charge in [0.05, 0.1) is 11.9 Å². The Labute approximate surface area is 117 Å². The molecule has 1 aromatic heterocycles. The summed E-state index contributed by atoms with van der Waals surface area (Å²) < 4.78 is 37.1. The van der Waals surface area contributed by atoms with Crippen LogP contribution in [0, 0.1) is 0 Å². The number of rotatable bonds is 3. The number of nitrogens with zero attached hydrogens (tertiary/aromatic N) is 2. The topological polar surface area (TPSA) is 72.9 Å². The molecule has 9 heteroatoms. The Bertz CT molecular complexity index is 545. The maximum absolute atomic E-state index is 12.3. The molecule has 0 amide bonds. The fourth-order valence-corrected chi connectivity index (χ4v) is 2.42. The van der Waals surface area contributed by atoms with E-state index in [1.165, 1.54) is 0 Å². The van der Waals surface area contributed by atoms with E-state index in [9.17, 15) is 18.0 Å². The van der Waals surface area contributed by atoms with E-state index < -0.39 is 18.3 Å². The number of anilines is 1. The van der Waals surface area contributed by atoms with Crippen LogP contribution < -0.4 is 16.6 Å². The lowest BCUT2D eigenvalue weighted by molar-refractivity contribution is -0.143. The van der Waals surface area contributed by atoms with Crippen LogP contribution in [-0.2, 0) is 6.54 Å². The number of nitrogens with one attached hydrogen (secondary N) is 1. The first kappa shape index (κ1) is 15.1. The maximum atomic E-state index is 12.3. The van der Waals surface area contributed by atoms with Gasteiger partial charge < -0.3 is 11.1 Å². The molecule has 1 saturated carbocycles. The molecule has 0 aliphatic heterocycles. The van der Waals surface area contributed by atoms with Crippen LogP contribution in [0.15, 0.2) is 11.0 Å². The second-order valence-corrected chi connectivity index (χ2v) is 5.17. The zero-order chi connectivity index (χ0) is 14.9. The number of aromatic nitrogens is 2. The minimum Gasteiger partial charge on any atom is -0.378 e. The van der Waals surface area contributed by atoms with Gasteiger partial charge in [0.25, 0.3) is 5.56 Å². The second kappa shape index (κ2) is 5.61. The summed E-state index contributed by atoms with van der Waals surface area (Å²) in [5.41, 5.74) is 5.12. The molecule has 1 aliphatic carbocycles. The molecule has 2 rings (SSSR count). The van der Waals surface area contributed by atoms with E-state index in [0.29, 0.717) is 4.68 Å². The van der Waals surface area contributed by atoms with Gasteiger partial charge in [-0.1, -0.05) is 11.6 Å². The molecule has 0 bridgehead atoms. The first-order valence-electron chi connectivity index (χ1n) is 6.12. The molecule has 0 aromatic carbocycles. The van der Waals surface area contributed by atoms with Crippen molar-refractivity contribution in [2.24, 2.45) is 5.73 Å². The van der Waals surface area contributed by atoms with Crippen LogP contribution >= 0.6 is 11.6 Å². The summed E-state index contributed by atoms with van der Waals surface area (Å²) in [6.45, 7) is -1.46. The predicted octanol–water partition coefficient (Wildman–Crippen LogP) is 1.75. The average Bonchev–Trinajstić information content (AvgIpc) is 2.73. The molecule has 2 atom stereocenters. The molecule has 1 aromatic rings. The zero-order valence-corrected chi connectivity index (χ0v) is 11.2. The Morgan fingerprint density at radius 2 is 2.20 bits per heavy atom. The van der Waals surface area contributed by atoms with Gasteiger partial charge in [0, 0.05) is 12.1 Å². The number of halogens is 4. The Morgan fingerprint density at radius 3 is 2.75 bits per heavy atom. The summed E-state index contributed by atoms with van der Waals surface area (Å²) in [5.74, 6) is 0. The lowest BCUT2D eigenvalue weighted by Gasteiger charge is -2.19. The third-order valence-electron chi connectivity index (χ3n) is 3.22. The summed E-state index contributed by atoms with van der Waals surface area (Å²) >= 11 is 5.81. The van der Waals surface area contributed by atoms with E-state index in [2.05, 4.69) is 10.4 Å². The first-order chi connectivity index (χ1) is 9.28. The number of alkyl halides is 3. The SMILES string of the molecule is NC1CCCC1Nc1cnn(CC(F)(F)F)c(=O)c1Cl. The highest BCUT2D eigenvalue weighted by atomic mass is 35.5. The van der Waals surface area contributed by atoms with Crippen molar-refractivity contribution in [3.63, 3.8) is 0 Å². The summed E-state index contributed by atoms with van der Waals surface area (Å²) in [6, 6.07) is -0.115. The number of nitrogens with two attached hydrogens (primary N) is 1. The Hall–Kier alpha value is -1.28. The van der Waals surface area contributed by atoms with Crippen molar-refractivity contribution in [1.82, 2.24) is 9.78 Å². The molecule has 0 saturated heterocycles. The Balaban J connectivity index is 2.20. The molecular formula is C11H14ClF3N4O. The Morgan fingerprint density at radius 1 is 1.50 bits per heavy atom. The van der Waals surface area contributed by atoms with Crippen molar-refractivity contribution in [3.05, 3.63) is 21.6 Å². The summed E-state index contributed by atoms with van der Waals surface area (Å²) in [4.78, 5) is 11.7. The molecule has 0 radical (unpaired) electrons. The van der Waals surface area contributed by atoms with Gasteiger partial charge in [0.15, 0.2) is 0 Å². The van der Waals surface area contributed by atoms with Crippen molar-refractivity contribution < 1.29 is 13.2 Å². The van der Waals surface area contributed by atoms with Crippen LogP contribution in [0.25, 0.3) is 0 Å². The minimum atomic E-state index is -4.52. The van der Waals surface area contributed by atoms with Crippen molar-refractivity contribution in [1.29, 1.82) is 0 Å². The largest absolute Gasteiger partial charge is 0.408 e. The molecule has 20 heavy (non-hydrogen) atoms. The van der Waals surface area contributed by atoms with Gasteiger partial charge in [-0.25, -0.2) is 4.68 Å². The lowest BCUT2D eigenvalue weighted by atomic mass is 10.2. The second-order valence-electron chi connectivity index (χ2n) is 4.80. The number of hydrogen-bond acceptors (Lipinski definition) is 4. The van der Waals surface area contributed by atoms with Gasteiger partial charge in [-0.15, -0.1) is 0 Å².